The molecule has 0 amide bonds. The van der Waals surface area contributed by atoms with Gasteiger partial charge in [0.05, 0.1) is 17.1 Å². The Kier molecular flexibility index (Phi) is 7.18. The van der Waals surface area contributed by atoms with Gasteiger partial charge in [-0.3, -0.25) is 4.79 Å². The van der Waals surface area contributed by atoms with Crippen LogP contribution in [0.5, 0.6) is 0 Å². The third-order valence-corrected chi connectivity index (χ3v) is 8.28. The molecule has 0 atom stereocenters. The Morgan fingerprint density at radius 3 is 2.34 bits per heavy atom. The zero-order valence-electron chi connectivity index (χ0n) is 19.4. The summed E-state index contributed by atoms with van der Waals surface area (Å²) >= 11 is 0. The lowest BCUT2D eigenvalue weighted by Gasteiger charge is -2.23. The largest absolute Gasteiger partial charge is 0.480 e. The number of benzene rings is 2. The van der Waals surface area contributed by atoms with E-state index in [9.17, 15) is 17.6 Å². The first-order valence-electron chi connectivity index (χ1n) is 11.5. The van der Waals surface area contributed by atoms with Gasteiger partial charge in [-0.15, -0.1) is 0 Å². The predicted molar refractivity (Wildman–Crippen MR) is 131 cm³/mol. The summed E-state index contributed by atoms with van der Waals surface area (Å²) in [7, 11) is -3.97. The molecule has 0 radical (unpaired) electrons. The number of aromatic nitrogens is 1. The lowest BCUT2D eigenvalue weighted by molar-refractivity contribution is -0.134. The molecule has 3 aromatic rings. The first kappa shape index (κ1) is 24.8. The number of aliphatic carboxylic acids is 1. The minimum Gasteiger partial charge on any atom is -0.480 e. The van der Waals surface area contributed by atoms with Crippen LogP contribution >= 0.6 is 0 Å². The Labute approximate surface area is 204 Å². The number of sulfonamides is 1. The second kappa shape index (κ2) is 10.1. The summed E-state index contributed by atoms with van der Waals surface area (Å²) in [5, 5.41) is 11.6. The number of nitrogens with zero attached hydrogens (tertiary/aromatic N) is 2. The molecule has 1 saturated carbocycles. The van der Waals surface area contributed by atoms with Crippen LogP contribution in [-0.4, -0.2) is 35.3 Å². The van der Waals surface area contributed by atoms with Crippen molar-refractivity contribution in [2.45, 2.75) is 49.6 Å². The lowest BCUT2D eigenvalue weighted by Crippen LogP contribution is -2.30. The summed E-state index contributed by atoms with van der Waals surface area (Å²) in [6.45, 7) is 1.94. The highest BCUT2D eigenvalue weighted by atomic mass is 32.2. The zero-order chi connectivity index (χ0) is 25.1. The minimum atomic E-state index is -3.97. The number of hydrogen-bond acceptors (Lipinski definition) is 5. The third-order valence-electron chi connectivity index (χ3n) is 6.47. The Morgan fingerprint density at radius 2 is 1.74 bits per heavy atom. The molecule has 0 spiro atoms. The maximum atomic E-state index is 13.5. The predicted octanol–water partition coefficient (Wildman–Crippen LogP) is 4.55. The maximum absolute atomic E-state index is 13.5. The van der Waals surface area contributed by atoms with Crippen LogP contribution in [0.4, 0.5) is 10.2 Å². The summed E-state index contributed by atoms with van der Waals surface area (Å²) in [5.74, 6) is -1.21. The van der Waals surface area contributed by atoms with Crippen LogP contribution in [-0.2, 0) is 33.3 Å². The standard InChI is InChI=1S/C26H28FN3O4S/c1-2-26(14-15-26)20-8-6-19(7-9-20)17-30(35(33,34)23-12-10-21(27)11-13-23)18-22-4-3-5-24(29-22)28-16-25(31)32/h3-13H,2,14-18H2,1H3,(H,28,29)(H,31,32). The maximum Gasteiger partial charge on any atom is 0.322 e. The number of carbonyl (C=O) groups is 1. The molecule has 4 rings (SSSR count). The van der Waals surface area contributed by atoms with E-state index in [1.165, 1.54) is 34.8 Å². The van der Waals surface area contributed by atoms with Crippen molar-refractivity contribution in [2.75, 3.05) is 11.9 Å². The first-order valence-corrected chi connectivity index (χ1v) is 12.9. The number of hydrogen-bond donors (Lipinski definition) is 2. The van der Waals surface area contributed by atoms with Crippen LogP contribution in [0.15, 0.2) is 71.6 Å². The SMILES string of the molecule is CCC1(c2ccc(CN(Cc3cccc(NCC(=O)O)n3)S(=O)(=O)c3ccc(F)cc3)cc2)CC1. The molecule has 0 saturated heterocycles. The summed E-state index contributed by atoms with van der Waals surface area (Å²) in [6.07, 6.45) is 3.42. The van der Waals surface area contributed by atoms with Gasteiger partial charge in [-0.05, 0) is 72.2 Å². The van der Waals surface area contributed by atoms with Crippen LogP contribution in [0.2, 0.25) is 0 Å². The summed E-state index contributed by atoms with van der Waals surface area (Å²) in [6, 6.07) is 17.8. The second-order valence-electron chi connectivity index (χ2n) is 8.82. The van der Waals surface area contributed by atoms with Crippen molar-refractivity contribution in [3.8, 4) is 0 Å². The van der Waals surface area contributed by atoms with E-state index in [2.05, 4.69) is 29.4 Å². The summed E-state index contributed by atoms with van der Waals surface area (Å²) < 4.78 is 41.8. The number of pyridine rings is 1. The fourth-order valence-electron chi connectivity index (χ4n) is 4.16. The Balaban J connectivity index is 1.61. The summed E-state index contributed by atoms with van der Waals surface area (Å²) in [4.78, 5) is 15.2. The zero-order valence-corrected chi connectivity index (χ0v) is 20.3. The smallest absolute Gasteiger partial charge is 0.322 e. The molecule has 0 bridgehead atoms. The minimum absolute atomic E-state index is 0.0152. The van der Waals surface area contributed by atoms with Crippen LogP contribution in [0.25, 0.3) is 0 Å². The van der Waals surface area contributed by atoms with E-state index in [-0.39, 0.29) is 29.9 Å². The highest BCUT2D eigenvalue weighted by molar-refractivity contribution is 7.89. The van der Waals surface area contributed by atoms with Crippen LogP contribution < -0.4 is 5.32 Å². The molecule has 7 nitrogen and oxygen atoms in total. The highest BCUT2D eigenvalue weighted by Crippen LogP contribution is 2.50. The second-order valence-corrected chi connectivity index (χ2v) is 10.8. The monoisotopic (exact) mass is 497 g/mol. The van der Waals surface area contributed by atoms with E-state index in [1.54, 1.807) is 18.2 Å². The van der Waals surface area contributed by atoms with Gasteiger partial charge in [-0.1, -0.05) is 37.3 Å². The molecular weight excluding hydrogens is 469 g/mol. The normalized spacial score (nSPS) is 14.6. The van der Waals surface area contributed by atoms with E-state index in [4.69, 9.17) is 5.11 Å². The molecule has 2 aromatic carbocycles. The van der Waals surface area contributed by atoms with Crippen molar-refractivity contribution in [1.82, 2.24) is 9.29 Å². The third kappa shape index (κ3) is 5.86. The van der Waals surface area contributed by atoms with E-state index < -0.39 is 21.8 Å². The molecule has 1 aliphatic carbocycles. The molecule has 35 heavy (non-hydrogen) atoms. The molecule has 1 aliphatic rings. The number of carboxylic acids is 1. The molecule has 9 heteroatoms. The molecule has 184 valence electrons. The van der Waals surface area contributed by atoms with Gasteiger partial charge in [-0.25, -0.2) is 17.8 Å². The van der Waals surface area contributed by atoms with Crippen molar-refractivity contribution in [2.24, 2.45) is 0 Å². The van der Waals surface area contributed by atoms with E-state index in [1.807, 2.05) is 12.1 Å². The fraction of sp³-hybridized carbons (Fsp3) is 0.308. The quantitative estimate of drug-likeness (QED) is 0.403. The van der Waals surface area contributed by atoms with Crippen molar-refractivity contribution < 1.29 is 22.7 Å². The topological polar surface area (TPSA) is 99.6 Å². The number of nitrogens with one attached hydrogen (secondary N) is 1. The van der Waals surface area contributed by atoms with E-state index in [0.29, 0.717) is 11.5 Å². The number of halogens is 1. The number of carboxylic acid groups (broad SMARTS) is 1. The van der Waals surface area contributed by atoms with Crippen molar-refractivity contribution in [1.29, 1.82) is 0 Å². The van der Waals surface area contributed by atoms with Gasteiger partial charge in [0, 0.05) is 6.54 Å². The average Bonchev–Trinajstić information content (AvgIpc) is 3.65. The summed E-state index contributed by atoms with van der Waals surface area (Å²) in [5.41, 5.74) is 2.80. The molecular formula is C26H28FN3O4S. The van der Waals surface area contributed by atoms with Gasteiger partial charge >= 0.3 is 5.97 Å². The number of rotatable bonds is 11. The van der Waals surface area contributed by atoms with Gasteiger partial charge < -0.3 is 10.4 Å². The van der Waals surface area contributed by atoms with Crippen molar-refractivity contribution >= 4 is 21.8 Å². The van der Waals surface area contributed by atoms with Crippen molar-refractivity contribution in [3.05, 3.63) is 89.4 Å². The van der Waals surface area contributed by atoms with Gasteiger partial charge in [0.25, 0.3) is 0 Å². The molecule has 1 aromatic heterocycles. The van der Waals surface area contributed by atoms with Crippen LogP contribution in [0, 0.1) is 5.82 Å². The Hall–Kier alpha value is -3.30. The Morgan fingerprint density at radius 1 is 1.06 bits per heavy atom. The van der Waals surface area contributed by atoms with Crippen LogP contribution in [0.1, 0.15) is 43.0 Å². The number of anilines is 1. The van der Waals surface area contributed by atoms with E-state index in [0.717, 1.165) is 24.1 Å². The fourth-order valence-corrected chi connectivity index (χ4v) is 5.56. The lowest BCUT2D eigenvalue weighted by atomic mass is 9.92. The molecule has 1 heterocycles. The molecule has 2 N–H and O–H groups in total. The van der Waals surface area contributed by atoms with Crippen LogP contribution in [0.3, 0.4) is 0 Å². The molecule has 1 fully saturated rings. The average molecular weight is 498 g/mol. The van der Waals surface area contributed by atoms with Gasteiger partial charge in [0.2, 0.25) is 10.0 Å². The molecule has 0 aliphatic heterocycles. The van der Waals surface area contributed by atoms with Gasteiger partial charge in [0.1, 0.15) is 18.2 Å². The van der Waals surface area contributed by atoms with Gasteiger partial charge in [-0.2, -0.15) is 4.31 Å². The van der Waals surface area contributed by atoms with E-state index >= 15 is 0 Å². The molecule has 0 unspecified atom stereocenters. The first-order chi connectivity index (χ1) is 16.7. The highest BCUT2D eigenvalue weighted by Gasteiger charge is 2.42. The van der Waals surface area contributed by atoms with Gasteiger partial charge in [0.15, 0.2) is 0 Å². The van der Waals surface area contributed by atoms with Crippen molar-refractivity contribution in [3.63, 3.8) is 0 Å². The Bertz CT molecular complexity index is 1290.